The third-order valence-corrected chi connectivity index (χ3v) is 4.22. The van der Waals surface area contributed by atoms with E-state index in [0.29, 0.717) is 30.5 Å². The molecular weight excluding hydrogens is 326 g/mol. The Labute approximate surface area is 155 Å². The molecule has 0 spiro atoms. The van der Waals surface area contributed by atoms with Crippen molar-refractivity contribution in [2.24, 2.45) is 0 Å². The molecule has 0 aromatic heterocycles. The Hall–Kier alpha value is -2.82. The number of nitrogens with zero attached hydrogens (tertiary/aromatic N) is 2. The smallest absolute Gasteiger partial charge is 0.251 e. The van der Waals surface area contributed by atoms with Gasteiger partial charge < -0.3 is 15.1 Å². The fourth-order valence-corrected chi connectivity index (χ4v) is 2.55. The lowest BCUT2D eigenvalue weighted by Gasteiger charge is -2.13. The van der Waals surface area contributed by atoms with Gasteiger partial charge in [-0.05, 0) is 55.0 Å². The summed E-state index contributed by atoms with van der Waals surface area (Å²) in [5, 5.41) is 2.87. The summed E-state index contributed by atoms with van der Waals surface area (Å²) < 4.78 is 0. The standard InChI is InChI=1S/C21H27N3O2/c1-23(2)18-11-7-16(8-12-18)20(25)6-5-15-22-21(26)17-9-13-19(14-10-17)24(3)4/h7-14H,5-6,15H2,1-4H3,(H,22,26). The second-order valence-corrected chi connectivity index (χ2v) is 6.67. The topological polar surface area (TPSA) is 52.7 Å². The Morgan fingerprint density at radius 2 is 1.23 bits per heavy atom. The molecule has 0 aliphatic heterocycles. The van der Waals surface area contributed by atoms with E-state index in [1.807, 2.05) is 86.5 Å². The first-order chi connectivity index (χ1) is 12.4. The van der Waals surface area contributed by atoms with Crippen molar-refractivity contribution in [3.05, 3.63) is 59.7 Å². The number of benzene rings is 2. The van der Waals surface area contributed by atoms with Crippen LogP contribution in [0.25, 0.3) is 0 Å². The second-order valence-electron chi connectivity index (χ2n) is 6.67. The first-order valence-corrected chi connectivity index (χ1v) is 8.74. The predicted molar refractivity (Wildman–Crippen MR) is 107 cm³/mol. The summed E-state index contributed by atoms with van der Waals surface area (Å²) in [5.74, 6) is -0.0158. The molecule has 26 heavy (non-hydrogen) atoms. The van der Waals surface area contributed by atoms with Gasteiger partial charge in [0, 0.05) is 63.7 Å². The Kier molecular flexibility index (Phi) is 6.78. The number of rotatable bonds is 8. The maximum atomic E-state index is 12.2. The second kappa shape index (κ2) is 9.04. The summed E-state index contributed by atoms with van der Waals surface area (Å²) in [4.78, 5) is 28.3. The number of anilines is 2. The van der Waals surface area contributed by atoms with E-state index < -0.39 is 0 Å². The molecule has 1 amide bonds. The van der Waals surface area contributed by atoms with Crippen molar-refractivity contribution in [1.82, 2.24) is 5.32 Å². The Bertz CT molecular complexity index is 669. The van der Waals surface area contributed by atoms with Crippen LogP contribution in [0.3, 0.4) is 0 Å². The Balaban J connectivity index is 1.77. The molecule has 138 valence electrons. The van der Waals surface area contributed by atoms with Gasteiger partial charge in [-0.25, -0.2) is 0 Å². The fraction of sp³-hybridized carbons (Fsp3) is 0.333. The molecule has 2 aromatic carbocycles. The highest BCUT2D eigenvalue weighted by Crippen LogP contribution is 2.14. The van der Waals surface area contributed by atoms with Gasteiger partial charge >= 0.3 is 0 Å². The zero-order valence-electron chi connectivity index (χ0n) is 16.0. The van der Waals surface area contributed by atoms with Crippen molar-refractivity contribution in [2.75, 3.05) is 44.5 Å². The van der Waals surface area contributed by atoms with Gasteiger partial charge in [0.1, 0.15) is 0 Å². The van der Waals surface area contributed by atoms with E-state index >= 15 is 0 Å². The maximum absolute atomic E-state index is 12.2. The van der Waals surface area contributed by atoms with Gasteiger partial charge in [-0.3, -0.25) is 9.59 Å². The molecule has 0 bridgehead atoms. The van der Waals surface area contributed by atoms with Crippen LogP contribution in [0.15, 0.2) is 48.5 Å². The molecule has 0 aliphatic carbocycles. The van der Waals surface area contributed by atoms with Crippen LogP contribution in [0.5, 0.6) is 0 Å². The number of ketones is 1. The van der Waals surface area contributed by atoms with E-state index in [9.17, 15) is 9.59 Å². The van der Waals surface area contributed by atoms with Crippen molar-refractivity contribution in [3.8, 4) is 0 Å². The van der Waals surface area contributed by atoms with Crippen LogP contribution in [-0.2, 0) is 0 Å². The normalized spacial score (nSPS) is 10.3. The molecule has 0 heterocycles. The minimum Gasteiger partial charge on any atom is -0.378 e. The summed E-state index contributed by atoms with van der Waals surface area (Å²) in [6.45, 7) is 0.482. The van der Waals surface area contributed by atoms with E-state index in [0.717, 1.165) is 11.4 Å². The summed E-state index contributed by atoms with van der Waals surface area (Å²) in [6, 6.07) is 15.0. The number of amides is 1. The van der Waals surface area contributed by atoms with Crippen LogP contribution in [0.1, 0.15) is 33.6 Å². The van der Waals surface area contributed by atoms with Gasteiger partial charge in [-0.15, -0.1) is 0 Å². The molecule has 5 nitrogen and oxygen atoms in total. The van der Waals surface area contributed by atoms with Crippen molar-refractivity contribution < 1.29 is 9.59 Å². The summed E-state index contributed by atoms with van der Waals surface area (Å²) in [7, 11) is 7.85. The number of Topliss-reactive ketones (excluding diaryl/α,β-unsaturated/α-hetero) is 1. The first kappa shape index (κ1) is 19.5. The minimum absolute atomic E-state index is 0.0971. The average molecular weight is 353 g/mol. The van der Waals surface area contributed by atoms with Crippen LogP contribution >= 0.6 is 0 Å². The van der Waals surface area contributed by atoms with Crippen LogP contribution < -0.4 is 15.1 Å². The molecule has 1 N–H and O–H groups in total. The highest BCUT2D eigenvalue weighted by molar-refractivity contribution is 5.96. The number of nitrogens with one attached hydrogen (secondary N) is 1. The van der Waals surface area contributed by atoms with Crippen LogP contribution in [0.2, 0.25) is 0 Å². The van der Waals surface area contributed by atoms with Gasteiger partial charge in [0.2, 0.25) is 0 Å². The summed E-state index contributed by atoms with van der Waals surface area (Å²) in [5.41, 5.74) is 3.45. The molecule has 0 aliphatic rings. The maximum Gasteiger partial charge on any atom is 0.251 e. The van der Waals surface area contributed by atoms with E-state index in [4.69, 9.17) is 0 Å². The molecular formula is C21H27N3O2. The van der Waals surface area contributed by atoms with Crippen molar-refractivity contribution in [3.63, 3.8) is 0 Å². The van der Waals surface area contributed by atoms with Crippen LogP contribution in [0.4, 0.5) is 11.4 Å². The average Bonchev–Trinajstić information content (AvgIpc) is 2.65. The molecule has 0 unspecified atom stereocenters. The highest BCUT2D eigenvalue weighted by atomic mass is 16.1. The highest BCUT2D eigenvalue weighted by Gasteiger charge is 2.08. The summed E-state index contributed by atoms with van der Waals surface area (Å²) in [6.07, 6.45) is 1.04. The van der Waals surface area contributed by atoms with Crippen molar-refractivity contribution >= 4 is 23.1 Å². The van der Waals surface area contributed by atoms with Crippen LogP contribution in [0, 0.1) is 0 Å². The quantitative estimate of drug-likeness (QED) is 0.585. The minimum atomic E-state index is -0.113. The summed E-state index contributed by atoms with van der Waals surface area (Å²) >= 11 is 0. The first-order valence-electron chi connectivity index (χ1n) is 8.74. The molecule has 5 heteroatoms. The lowest BCUT2D eigenvalue weighted by atomic mass is 10.1. The molecule has 2 rings (SSSR count). The van der Waals surface area contributed by atoms with E-state index in [1.165, 1.54) is 0 Å². The number of carbonyl (C=O) groups excluding carboxylic acids is 2. The molecule has 0 saturated carbocycles. The largest absolute Gasteiger partial charge is 0.378 e. The molecule has 0 saturated heterocycles. The fourth-order valence-electron chi connectivity index (χ4n) is 2.55. The van der Waals surface area contributed by atoms with Crippen LogP contribution in [-0.4, -0.2) is 46.4 Å². The molecule has 0 fully saturated rings. The van der Waals surface area contributed by atoms with Gasteiger partial charge in [-0.1, -0.05) is 0 Å². The van der Waals surface area contributed by atoms with Gasteiger partial charge in [0.25, 0.3) is 5.91 Å². The van der Waals surface area contributed by atoms with Gasteiger partial charge in [0.05, 0.1) is 0 Å². The van der Waals surface area contributed by atoms with E-state index in [2.05, 4.69) is 5.32 Å². The SMILES string of the molecule is CN(C)c1ccc(C(=O)CCCNC(=O)c2ccc(N(C)C)cc2)cc1. The third-order valence-electron chi connectivity index (χ3n) is 4.22. The monoisotopic (exact) mass is 353 g/mol. The zero-order chi connectivity index (χ0) is 19.1. The molecule has 0 radical (unpaired) electrons. The Morgan fingerprint density at radius 1 is 0.769 bits per heavy atom. The van der Waals surface area contributed by atoms with E-state index in [-0.39, 0.29) is 11.7 Å². The van der Waals surface area contributed by atoms with E-state index in [1.54, 1.807) is 0 Å². The lowest BCUT2D eigenvalue weighted by Crippen LogP contribution is -2.25. The number of hydrogen-bond acceptors (Lipinski definition) is 4. The third kappa shape index (κ3) is 5.34. The molecule has 0 atom stereocenters. The molecule has 2 aromatic rings. The number of hydrogen-bond donors (Lipinski definition) is 1. The van der Waals surface area contributed by atoms with Crippen molar-refractivity contribution in [2.45, 2.75) is 12.8 Å². The Morgan fingerprint density at radius 3 is 1.69 bits per heavy atom. The number of carbonyl (C=O) groups is 2. The predicted octanol–water partition coefficient (Wildman–Crippen LogP) is 3.21. The lowest BCUT2D eigenvalue weighted by molar-refractivity contribution is 0.0938. The zero-order valence-corrected chi connectivity index (χ0v) is 16.0. The van der Waals surface area contributed by atoms with Crippen molar-refractivity contribution in [1.29, 1.82) is 0 Å². The van der Waals surface area contributed by atoms with Gasteiger partial charge in [-0.2, -0.15) is 0 Å². The van der Waals surface area contributed by atoms with Gasteiger partial charge in [0.15, 0.2) is 5.78 Å².